The Morgan fingerprint density at radius 2 is 2.29 bits per heavy atom. The fourth-order valence-corrected chi connectivity index (χ4v) is 3.57. The smallest absolute Gasteiger partial charge is 0.488 e. The minimum absolute atomic E-state index is 0.0261. The van der Waals surface area contributed by atoms with Crippen LogP contribution in [0.4, 0.5) is 5.95 Å². The quantitative estimate of drug-likeness (QED) is 0.535. The van der Waals surface area contributed by atoms with Crippen LogP contribution in [0.1, 0.15) is 27.0 Å². The van der Waals surface area contributed by atoms with E-state index in [-0.39, 0.29) is 28.9 Å². The molecule has 12 nitrogen and oxygen atoms in total. The third-order valence-corrected chi connectivity index (χ3v) is 4.92. The monoisotopic (exact) mass is 413 g/mol. The Kier molecular flexibility index (Phi) is 5.87. The molecule has 1 aliphatic rings. The molecule has 1 aliphatic heterocycles. The maximum absolute atomic E-state index is 12.3. The Morgan fingerprint density at radius 1 is 1.57 bits per heavy atom. The van der Waals surface area contributed by atoms with Gasteiger partial charge in [-0.1, -0.05) is 20.8 Å². The number of hydrogen-bond acceptors (Lipinski definition) is 9. The predicted octanol–water partition coefficient (Wildman–Crippen LogP) is -0.357. The van der Waals surface area contributed by atoms with Crippen LogP contribution in [-0.4, -0.2) is 49.3 Å². The molecule has 5 atom stereocenters. The van der Waals surface area contributed by atoms with E-state index < -0.39 is 44.8 Å². The van der Waals surface area contributed by atoms with Gasteiger partial charge in [-0.2, -0.15) is 4.98 Å². The lowest BCUT2D eigenvalue weighted by atomic mass is 10.0. The maximum Gasteiger partial charge on any atom is 0.488 e. The number of aromatic nitrogens is 4. The number of nitrogens with zero attached hydrogens (tertiary/aromatic N) is 3. The molecule has 3 heterocycles. The van der Waals surface area contributed by atoms with Crippen molar-refractivity contribution in [2.75, 3.05) is 11.9 Å². The Bertz CT molecular complexity index is 958. The third-order valence-electron chi connectivity index (χ3n) is 4.51. The van der Waals surface area contributed by atoms with Gasteiger partial charge in [0.15, 0.2) is 11.2 Å². The molecular weight excluding hydrogens is 393 g/mol. The van der Waals surface area contributed by atoms with Crippen LogP contribution in [0.2, 0.25) is 0 Å². The number of imidazole rings is 1. The summed E-state index contributed by atoms with van der Waals surface area (Å²) in [5.41, 5.74) is -0.385. The van der Waals surface area contributed by atoms with Crippen LogP contribution in [-0.2, 0) is 18.6 Å². The molecule has 13 heteroatoms. The highest BCUT2D eigenvalue weighted by molar-refractivity contribution is 7.30. The summed E-state index contributed by atoms with van der Waals surface area (Å²) in [5, 5.41) is 12.0. The summed E-state index contributed by atoms with van der Waals surface area (Å²) >= 11 is 0. The van der Waals surface area contributed by atoms with E-state index in [0.717, 1.165) is 0 Å². The largest absolute Gasteiger partial charge is 0.566 e. The molecule has 0 radical (unpaired) electrons. The van der Waals surface area contributed by atoms with Crippen molar-refractivity contribution in [3.8, 4) is 0 Å². The zero-order valence-corrected chi connectivity index (χ0v) is 16.3. The Balaban J connectivity index is 1.99. The third kappa shape index (κ3) is 3.82. The number of nitrogens with one attached hydrogen (secondary N) is 2. The van der Waals surface area contributed by atoms with E-state index in [1.54, 1.807) is 20.8 Å². The molecule has 0 aliphatic carbocycles. The molecule has 0 spiro atoms. The van der Waals surface area contributed by atoms with Crippen molar-refractivity contribution in [2.24, 2.45) is 11.8 Å². The Hall–Kier alpha value is -2.24. The van der Waals surface area contributed by atoms with Gasteiger partial charge in [0.25, 0.3) is 5.56 Å². The van der Waals surface area contributed by atoms with Gasteiger partial charge in [-0.3, -0.25) is 24.5 Å². The van der Waals surface area contributed by atoms with E-state index >= 15 is 0 Å². The van der Waals surface area contributed by atoms with Crippen LogP contribution in [0.3, 0.4) is 0 Å². The van der Waals surface area contributed by atoms with E-state index in [1.165, 1.54) is 10.9 Å². The first-order valence-corrected chi connectivity index (χ1v) is 9.67. The van der Waals surface area contributed by atoms with E-state index in [4.69, 9.17) is 9.26 Å². The summed E-state index contributed by atoms with van der Waals surface area (Å²) < 4.78 is 23.0. The number of ether oxygens (including phenoxy) is 1. The molecular formula is C15H20N5O7P. The highest BCUT2D eigenvalue weighted by Gasteiger charge is 2.47. The van der Waals surface area contributed by atoms with E-state index in [0.29, 0.717) is 0 Å². The second kappa shape index (κ2) is 8.02. The number of aromatic amines is 1. The van der Waals surface area contributed by atoms with E-state index in [1.807, 2.05) is 0 Å². The molecule has 152 valence electrons. The van der Waals surface area contributed by atoms with Crippen LogP contribution >= 0.6 is 8.25 Å². The number of carbonyl (C=O) groups excluding carboxylic acids is 1. The van der Waals surface area contributed by atoms with Gasteiger partial charge in [0.2, 0.25) is 11.9 Å². The number of fused-ring (bicyclic) bond motifs is 1. The molecule has 2 aromatic rings. The summed E-state index contributed by atoms with van der Waals surface area (Å²) in [6, 6.07) is 0. The number of anilines is 1. The maximum atomic E-state index is 12.3. The molecule has 28 heavy (non-hydrogen) atoms. The zero-order valence-electron chi connectivity index (χ0n) is 15.4. The molecule has 3 rings (SSSR count). The molecule has 0 aromatic carbocycles. The Morgan fingerprint density at radius 3 is 2.89 bits per heavy atom. The van der Waals surface area contributed by atoms with Gasteiger partial charge >= 0.3 is 8.25 Å². The van der Waals surface area contributed by atoms with Gasteiger partial charge < -0.3 is 14.7 Å². The van der Waals surface area contributed by atoms with E-state index in [9.17, 15) is 24.2 Å². The van der Waals surface area contributed by atoms with Crippen molar-refractivity contribution in [1.82, 2.24) is 19.5 Å². The molecule has 1 saturated heterocycles. The van der Waals surface area contributed by atoms with Crippen LogP contribution in [0.15, 0.2) is 11.1 Å². The van der Waals surface area contributed by atoms with Gasteiger partial charge in [0.05, 0.1) is 12.9 Å². The summed E-state index contributed by atoms with van der Waals surface area (Å²) in [6.07, 6.45) is -1.25. The molecule has 1 unspecified atom stereocenters. The van der Waals surface area contributed by atoms with Crippen molar-refractivity contribution < 1.29 is 28.6 Å². The van der Waals surface area contributed by atoms with Crippen molar-refractivity contribution in [3.05, 3.63) is 16.7 Å². The average Bonchev–Trinajstić information content (AvgIpc) is 3.16. The normalized spacial score (nSPS) is 25.4. The molecule has 3 N–H and O–H groups in total. The number of H-pyrrole nitrogens is 1. The topological polar surface area (TPSA) is 171 Å². The lowest BCUT2D eigenvalue weighted by molar-refractivity contribution is -0.192. The van der Waals surface area contributed by atoms with Crippen LogP contribution in [0, 0.1) is 11.8 Å². The molecule has 1 amide bonds. The molecule has 2 aromatic heterocycles. The van der Waals surface area contributed by atoms with Crippen LogP contribution < -0.4 is 15.8 Å². The van der Waals surface area contributed by atoms with Crippen LogP contribution in [0.25, 0.3) is 11.2 Å². The second-order valence-electron chi connectivity index (χ2n) is 6.78. The van der Waals surface area contributed by atoms with Crippen molar-refractivity contribution in [2.45, 2.75) is 39.2 Å². The first kappa shape index (κ1) is 20.5. The van der Waals surface area contributed by atoms with Gasteiger partial charge in [-0.15, -0.1) is 4.52 Å². The summed E-state index contributed by atoms with van der Waals surface area (Å²) in [4.78, 5) is 45.9. The highest BCUT2D eigenvalue weighted by atomic mass is 31.1. The van der Waals surface area contributed by atoms with Gasteiger partial charge in [-0.25, -0.2) is 4.98 Å². The second-order valence-corrected chi connectivity index (χ2v) is 7.44. The number of aliphatic hydroxyl groups excluding tert-OH is 1. The van der Waals surface area contributed by atoms with Crippen molar-refractivity contribution in [1.29, 1.82) is 0 Å². The fraction of sp³-hybridized carbons (Fsp3) is 0.600. The van der Waals surface area contributed by atoms with Crippen molar-refractivity contribution in [3.63, 3.8) is 0 Å². The lowest BCUT2D eigenvalue weighted by Gasteiger charge is -2.17. The first-order chi connectivity index (χ1) is 13.2. The zero-order chi connectivity index (χ0) is 20.6. The minimum atomic E-state index is -3.14. The van der Waals surface area contributed by atoms with E-state index in [2.05, 4.69) is 20.3 Å². The molecule has 1 fully saturated rings. The predicted molar refractivity (Wildman–Crippen MR) is 94.3 cm³/mol. The minimum Gasteiger partial charge on any atom is -0.566 e. The van der Waals surface area contributed by atoms with Gasteiger partial charge in [-0.05, 0) is 4.57 Å². The standard InChI is InChI=1S/C15H20N5O7P/c1-6(2)12(22)18-15-17-11-9(13(23)19-15)16-5-20(11)14-7(3)10(27-28(24)25)8(4-21)26-14/h5-8,10,14,21H,4H2,1-3H3,(H2,17,18,19,22,23)/t7-,8-,10+,14-/m1/s1. The summed E-state index contributed by atoms with van der Waals surface area (Å²) in [6.45, 7) is 4.62. The van der Waals surface area contributed by atoms with Crippen LogP contribution in [0.5, 0.6) is 0 Å². The molecule has 0 saturated carbocycles. The number of rotatable bonds is 6. The lowest BCUT2D eigenvalue weighted by Crippen LogP contribution is -2.30. The highest BCUT2D eigenvalue weighted by Crippen LogP contribution is 2.39. The molecule has 0 bridgehead atoms. The Labute approximate surface area is 159 Å². The summed E-state index contributed by atoms with van der Waals surface area (Å²) in [5.74, 6) is -1.19. The number of aliphatic hydroxyl groups is 1. The number of carbonyl (C=O) groups is 1. The average molecular weight is 413 g/mol. The first-order valence-electron chi connectivity index (χ1n) is 8.58. The number of hydrogen-bond donors (Lipinski definition) is 3. The van der Waals surface area contributed by atoms with Gasteiger partial charge in [0.1, 0.15) is 18.4 Å². The van der Waals surface area contributed by atoms with Gasteiger partial charge in [0, 0.05) is 11.8 Å². The number of amides is 1. The van der Waals surface area contributed by atoms with Crippen molar-refractivity contribution >= 4 is 31.3 Å². The SMILES string of the molecule is CC(C)C(=O)Nc1nc2c(ncn2[C@@H]2O[C@H](CO)[C@@H](O[P+](=O)[O-])[C@H]2C)c(=O)[nH]1. The summed E-state index contributed by atoms with van der Waals surface area (Å²) in [7, 11) is -3.14. The fourth-order valence-electron chi connectivity index (χ4n) is 3.04.